The van der Waals surface area contributed by atoms with Gasteiger partial charge in [-0.05, 0) is 25.8 Å². The minimum absolute atomic E-state index is 0.114. The number of aliphatic hydroxyl groups is 1. The molecule has 1 N–H and O–H groups in total. The molecule has 0 aliphatic carbocycles. The highest BCUT2D eigenvalue weighted by molar-refractivity contribution is 5.96. The summed E-state index contributed by atoms with van der Waals surface area (Å²) >= 11 is 0. The zero-order valence-electron chi connectivity index (χ0n) is 9.65. The quantitative estimate of drug-likeness (QED) is 0.505. The van der Waals surface area contributed by atoms with E-state index in [-0.39, 0.29) is 31.3 Å². The Kier molecular flexibility index (Phi) is 5.42. The van der Waals surface area contributed by atoms with E-state index in [0.29, 0.717) is 6.61 Å². The van der Waals surface area contributed by atoms with Crippen LogP contribution >= 0.6 is 0 Å². The number of hydrogen-bond acceptors (Lipinski definition) is 5. The molecule has 1 aliphatic heterocycles. The second kappa shape index (κ2) is 6.60. The topological polar surface area (TPSA) is 66.8 Å². The number of ketones is 1. The van der Waals surface area contributed by atoms with Crippen molar-refractivity contribution in [2.75, 3.05) is 32.8 Å². The van der Waals surface area contributed by atoms with Gasteiger partial charge in [-0.25, -0.2) is 0 Å². The van der Waals surface area contributed by atoms with Crippen molar-refractivity contribution in [2.45, 2.75) is 19.8 Å². The molecule has 5 nitrogen and oxygen atoms in total. The van der Waals surface area contributed by atoms with Gasteiger partial charge in [0.2, 0.25) is 0 Å². The van der Waals surface area contributed by atoms with Crippen LogP contribution in [0.15, 0.2) is 0 Å². The van der Waals surface area contributed by atoms with Gasteiger partial charge in [-0.3, -0.25) is 14.5 Å². The number of carbonyl (C=O) groups excluding carboxylic acids is 2. The Bertz CT molecular complexity index is 254. The number of ether oxygens (including phenoxy) is 1. The van der Waals surface area contributed by atoms with Crippen molar-refractivity contribution in [3.63, 3.8) is 0 Å². The Morgan fingerprint density at radius 3 is 2.81 bits per heavy atom. The highest BCUT2D eigenvalue weighted by Crippen LogP contribution is 2.14. The summed E-state index contributed by atoms with van der Waals surface area (Å²) in [6.45, 7) is 4.04. The van der Waals surface area contributed by atoms with E-state index in [1.165, 1.54) is 0 Å². The van der Waals surface area contributed by atoms with Crippen LogP contribution in [0.25, 0.3) is 0 Å². The molecule has 0 radical (unpaired) electrons. The molecule has 0 aromatic rings. The average molecular weight is 229 g/mol. The predicted octanol–water partition coefficient (Wildman–Crippen LogP) is -0.177. The van der Waals surface area contributed by atoms with Crippen LogP contribution in [-0.4, -0.2) is 54.6 Å². The van der Waals surface area contributed by atoms with Crippen molar-refractivity contribution in [2.24, 2.45) is 5.92 Å². The summed E-state index contributed by atoms with van der Waals surface area (Å²) in [7, 11) is 0. The lowest BCUT2D eigenvalue weighted by molar-refractivity contribution is -0.145. The molecule has 16 heavy (non-hydrogen) atoms. The van der Waals surface area contributed by atoms with Gasteiger partial charge in [0.05, 0.1) is 13.2 Å². The normalized spacial score (nSPS) is 21.0. The van der Waals surface area contributed by atoms with Gasteiger partial charge in [-0.15, -0.1) is 0 Å². The van der Waals surface area contributed by atoms with E-state index in [4.69, 9.17) is 9.84 Å². The number of rotatable bonds is 6. The van der Waals surface area contributed by atoms with Gasteiger partial charge in [-0.1, -0.05) is 0 Å². The van der Waals surface area contributed by atoms with Crippen LogP contribution in [0.4, 0.5) is 0 Å². The fraction of sp³-hybridized carbons (Fsp3) is 0.818. The maximum absolute atomic E-state index is 11.5. The van der Waals surface area contributed by atoms with Gasteiger partial charge in [0.1, 0.15) is 6.42 Å². The van der Waals surface area contributed by atoms with Crippen LogP contribution in [0.2, 0.25) is 0 Å². The lowest BCUT2D eigenvalue weighted by Gasteiger charge is -2.13. The van der Waals surface area contributed by atoms with Crippen molar-refractivity contribution in [1.82, 2.24) is 4.90 Å². The first kappa shape index (κ1) is 13.1. The second-order valence-corrected chi connectivity index (χ2v) is 4.09. The predicted molar refractivity (Wildman–Crippen MR) is 57.9 cm³/mol. The van der Waals surface area contributed by atoms with Gasteiger partial charge in [-0.2, -0.15) is 0 Å². The minimum atomic E-state index is -0.453. The fourth-order valence-electron chi connectivity index (χ4n) is 1.88. The first-order chi connectivity index (χ1) is 7.65. The zero-order valence-corrected chi connectivity index (χ0v) is 9.65. The maximum Gasteiger partial charge on any atom is 0.313 e. The molecule has 0 bridgehead atoms. The summed E-state index contributed by atoms with van der Waals surface area (Å²) in [5.74, 6) is -0.294. The third-order valence-electron chi connectivity index (χ3n) is 2.67. The average Bonchev–Trinajstić information content (AvgIpc) is 2.65. The Labute approximate surface area is 95.4 Å². The molecule has 1 unspecified atom stereocenters. The van der Waals surface area contributed by atoms with Crippen LogP contribution in [-0.2, 0) is 14.3 Å². The number of carbonyl (C=O) groups is 2. The molecule has 1 heterocycles. The summed E-state index contributed by atoms with van der Waals surface area (Å²) < 4.78 is 4.70. The van der Waals surface area contributed by atoms with E-state index in [0.717, 1.165) is 19.5 Å². The molecule has 1 aliphatic rings. The molecule has 1 atom stereocenters. The molecule has 0 saturated carbocycles. The van der Waals surface area contributed by atoms with E-state index < -0.39 is 5.97 Å². The Morgan fingerprint density at radius 2 is 2.25 bits per heavy atom. The van der Waals surface area contributed by atoms with Crippen molar-refractivity contribution in [1.29, 1.82) is 0 Å². The molecular weight excluding hydrogens is 210 g/mol. The fourth-order valence-corrected chi connectivity index (χ4v) is 1.88. The molecule has 0 aromatic carbocycles. The van der Waals surface area contributed by atoms with Crippen LogP contribution in [0, 0.1) is 5.92 Å². The summed E-state index contributed by atoms with van der Waals surface area (Å²) in [4.78, 5) is 24.5. The zero-order chi connectivity index (χ0) is 12.0. The SMILES string of the molecule is CCOC(=O)CC(=O)CN1CCC(CO)C1. The summed E-state index contributed by atoms with van der Waals surface area (Å²) in [5.41, 5.74) is 0. The third-order valence-corrected chi connectivity index (χ3v) is 2.67. The number of Topliss-reactive ketones (excluding diaryl/α,β-unsaturated/α-hetero) is 1. The standard InChI is InChI=1S/C11H19NO4/c1-2-16-11(15)5-10(14)7-12-4-3-9(6-12)8-13/h9,13H,2-8H2,1H3. The van der Waals surface area contributed by atoms with Gasteiger partial charge < -0.3 is 9.84 Å². The first-order valence-electron chi connectivity index (χ1n) is 5.66. The number of nitrogens with zero attached hydrogens (tertiary/aromatic N) is 1. The Morgan fingerprint density at radius 1 is 1.50 bits per heavy atom. The molecule has 1 saturated heterocycles. The van der Waals surface area contributed by atoms with Gasteiger partial charge in [0.15, 0.2) is 5.78 Å². The van der Waals surface area contributed by atoms with E-state index in [1.54, 1.807) is 6.92 Å². The van der Waals surface area contributed by atoms with Gasteiger partial charge in [0.25, 0.3) is 0 Å². The second-order valence-electron chi connectivity index (χ2n) is 4.09. The van der Waals surface area contributed by atoms with Crippen LogP contribution in [0.1, 0.15) is 19.8 Å². The van der Waals surface area contributed by atoms with Gasteiger partial charge in [0, 0.05) is 13.2 Å². The Balaban J connectivity index is 2.22. The van der Waals surface area contributed by atoms with Gasteiger partial charge >= 0.3 is 5.97 Å². The smallest absolute Gasteiger partial charge is 0.313 e. The number of aliphatic hydroxyl groups excluding tert-OH is 1. The largest absolute Gasteiger partial charge is 0.466 e. The number of esters is 1. The van der Waals surface area contributed by atoms with E-state index in [9.17, 15) is 9.59 Å². The highest BCUT2D eigenvalue weighted by Gasteiger charge is 2.24. The third kappa shape index (κ3) is 4.28. The van der Waals surface area contributed by atoms with E-state index in [1.807, 2.05) is 4.90 Å². The molecule has 0 spiro atoms. The van der Waals surface area contributed by atoms with Crippen LogP contribution in [0.5, 0.6) is 0 Å². The summed E-state index contributed by atoms with van der Waals surface area (Å²) in [6, 6.07) is 0. The highest BCUT2D eigenvalue weighted by atomic mass is 16.5. The Hall–Kier alpha value is -0.940. The molecule has 5 heteroatoms. The summed E-state index contributed by atoms with van der Waals surface area (Å²) in [5, 5.41) is 8.95. The van der Waals surface area contributed by atoms with E-state index in [2.05, 4.69) is 0 Å². The van der Waals surface area contributed by atoms with Crippen molar-refractivity contribution < 1.29 is 19.4 Å². The molecule has 0 aromatic heterocycles. The molecular formula is C11H19NO4. The first-order valence-corrected chi connectivity index (χ1v) is 5.66. The lowest BCUT2D eigenvalue weighted by atomic mass is 10.1. The molecule has 1 fully saturated rings. The van der Waals surface area contributed by atoms with Crippen molar-refractivity contribution >= 4 is 11.8 Å². The van der Waals surface area contributed by atoms with Crippen molar-refractivity contribution in [3.05, 3.63) is 0 Å². The van der Waals surface area contributed by atoms with Crippen LogP contribution < -0.4 is 0 Å². The summed E-state index contributed by atoms with van der Waals surface area (Å²) in [6.07, 6.45) is 0.775. The minimum Gasteiger partial charge on any atom is -0.466 e. The number of likely N-dealkylation sites (tertiary alicyclic amines) is 1. The molecule has 92 valence electrons. The number of hydrogen-bond donors (Lipinski definition) is 1. The molecule has 0 amide bonds. The molecule has 1 rings (SSSR count). The maximum atomic E-state index is 11.5. The van der Waals surface area contributed by atoms with E-state index >= 15 is 0 Å². The monoisotopic (exact) mass is 229 g/mol. The lowest BCUT2D eigenvalue weighted by Crippen LogP contribution is -2.29. The van der Waals surface area contributed by atoms with Crippen LogP contribution in [0.3, 0.4) is 0 Å². The van der Waals surface area contributed by atoms with Crippen molar-refractivity contribution in [3.8, 4) is 0 Å².